The van der Waals surface area contributed by atoms with Gasteiger partial charge in [-0.05, 0) is 65.5 Å². The van der Waals surface area contributed by atoms with Crippen LogP contribution in [0.4, 0.5) is 10.1 Å². The highest BCUT2D eigenvalue weighted by molar-refractivity contribution is 9.10. The Morgan fingerprint density at radius 3 is 2.91 bits per heavy atom. The quantitative estimate of drug-likeness (QED) is 0.192. The lowest BCUT2D eigenvalue weighted by Gasteiger charge is -2.22. The molecule has 1 fully saturated rings. The van der Waals surface area contributed by atoms with Crippen molar-refractivity contribution in [2.24, 2.45) is 4.99 Å². The second-order valence-electron chi connectivity index (χ2n) is 8.48. The molecule has 1 atom stereocenters. The lowest BCUT2D eigenvalue weighted by atomic mass is 9.96. The van der Waals surface area contributed by atoms with Crippen LogP contribution in [-0.4, -0.2) is 52.5 Å². The summed E-state index contributed by atoms with van der Waals surface area (Å²) in [5, 5.41) is 5.72. The summed E-state index contributed by atoms with van der Waals surface area (Å²) < 4.78 is 23.4. The highest BCUT2D eigenvalue weighted by Gasteiger charge is 2.25. The van der Waals surface area contributed by atoms with Crippen LogP contribution in [0.15, 0.2) is 52.2 Å². The summed E-state index contributed by atoms with van der Waals surface area (Å²) in [5.41, 5.74) is 1.89. The Morgan fingerprint density at radius 2 is 2.15 bits per heavy atom. The first-order valence-corrected chi connectivity index (χ1v) is 11.8. The number of aromatic nitrogens is 3. The molecule has 7 nitrogen and oxygen atoms in total. The van der Waals surface area contributed by atoms with E-state index >= 15 is 4.39 Å². The molecule has 3 heterocycles. The molecule has 1 aliphatic rings. The van der Waals surface area contributed by atoms with Gasteiger partial charge in [0.1, 0.15) is 12.0 Å². The van der Waals surface area contributed by atoms with E-state index < -0.39 is 11.6 Å². The number of rotatable bonds is 5. The van der Waals surface area contributed by atoms with E-state index in [1.165, 1.54) is 6.07 Å². The van der Waals surface area contributed by atoms with Gasteiger partial charge < -0.3 is 9.64 Å². The number of carbonyl (C=O) groups is 1. The zero-order valence-corrected chi connectivity index (χ0v) is 20.4. The number of hydrogen-bond donors (Lipinski definition) is 0. The Bertz CT molecular complexity index is 1430. The van der Waals surface area contributed by atoms with E-state index in [9.17, 15) is 4.79 Å². The zero-order valence-electron chi connectivity index (χ0n) is 18.8. The molecule has 0 amide bonds. The van der Waals surface area contributed by atoms with Crippen molar-refractivity contribution in [2.45, 2.75) is 25.5 Å². The monoisotopic (exact) mass is 523 g/mol. The predicted molar refractivity (Wildman–Crippen MR) is 133 cm³/mol. The summed E-state index contributed by atoms with van der Waals surface area (Å²) >= 11 is 3.52. The van der Waals surface area contributed by atoms with Gasteiger partial charge in [-0.2, -0.15) is 5.10 Å². The van der Waals surface area contributed by atoms with Crippen molar-refractivity contribution in [3.05, 3.63) is 64.1 Å². The molecule has 0 spiro atoms. The third-order valence-electron chi connectivity index (χ3n) is 5.81. The van der Waals surface area contributed by atoms with Gasteiger partial charge in [0.05, 0.1) is 34.2 Å². The van der Waals surface area contributed by atoms with E-state index in [2.05, 4.69) is 31.0 Å². The molecule has 2 aromatic carbocycles. The number of carbonyl (C=O) groups excluding carboxylic acids is 1. The molecule has 0 aliphatic carbocycles. The Morgan fingerprint density at radius 1 is 1.29 bits per heavy atom. The van der Waals surface area contributed by atoms with Crippen LogP contribution in [-0.2, 0) is 4.74 Å². The molecule has 1 unspecified atom stereocenters. The lowest BCUT2D eigenvalue weighted by Crippen LogP contribution is -2.18. The van der Waals surface area contributed by atoms with Crippen LogP contribution < -0.4 is 0 Å². The summed E-state index contributed by atoms with van der Waals surface area (Å²) in [5.74, 6) is -1.07. The van der Waals surface area contributed by atoms with E-state index in [0.29, 0.717) is 38.6 Å². The number of ether oxygens (including phenoxy) is 1. The zero-order chi connectivity index (χ0) is 23.8. The maximum atomic E-state index is 15.2. The van der Waals surface area contributed by atoms with Gasteiger partial charge in [-0.25, -0.2) is 14.1 Å². The fourth-order valence-electron chi connectivity index (χ4n) is 4.21. The summed E-state index contributed by atoms with van der Waals surface area (Å²) in [6.45, 7) is 0.660. The van der Waals surface area contributed by atoms with Gasteiger partial charge in [0.25, 0.3) is 0 Å². The summed E-state index contributed by atoms with van der Waals surface area (Å²) in [6.07, 6.45) is 7.66. The Kier molecular flexibility index (Phi) is 6.14. The first-order valence-electron chi connectivity index (χ1n) is 11.1. The van der Waals surface area contributed by atoms with Crippen molar-refractivity contribution in [1.29, 1.82) is 0 Å². The minimum absolute atomic E-state index is 0.0315. The largest absolute Gasteiger partial charge is 0.369 e. The number of hydrogen-bond acceptors (Lipinski definition) is 5. The minimum atomic E-state index is -0.605. The first-order chi connectivity index (χ1) is 16.4. The molecule has 34 heavy (non-hydrogen) atoms. The summed E-state index contributed by atoms with van der Waals surface area (Å²) in [6, 6.07) is 8.17. The molecule has 1 aliphatic heterocycles. The molecule has 4 aromatic rings. The Hall–Kier alpha value is -3.17. The molecular weight excluding hydrogens is 501 g/mol. The number of nitrogens with zero attached hydrogens (tertiary/aromatic N) is 5. The van der Waals surface area contributed by atoms with Gasteiger partial charge >= 0.3 is 0 Å². The predicted octanol–water partition coefficient (Wildman–Crippen LogP) is 5.64. The Balaban J connectivity index is 1.69. The average molecular weight is 524 g/mol. The molecular formula is C25H23BrFN5O2. The molecule has 9 heteroatoms. The molecule has 0 bridgehead atoms. The van der Waals surface area contributed by atoms with Crippen LogP contribution in [0.2, 0.25) is 0 Å². The SMILES string of the molecule is CN(C)C=Nc1c(C(=O)c2c(F)ccc3nn(C4CCCCO4)cc23)cc(Br)c2ncccc12. The van der Waals surface area contributed by atoms with E-state index in [0.717, 1.165) is 19.3 Å². The van der Waals surface area contributed by atoms with Crippen LogP contribution in [0, 0.1) is 5.82 Å². The van der Waals surface area contributed by atoms with Crippen molar-refractivity contribution >= 4 is 55.5 Å². The number of ketones is 1. The molecule has 174 valence electrons. The summed E-state index contributed by atoms with van der Waals surface area (Å²) in [4.78, 5) is 24.6. The average Bonchev–Trinajstić information content (AvgIpc) is 3.28. The van der Waals surface area contributed by atoms with Crippen LogP contribution in [0.25, 0.3) is 21.8 Å². The number of benzene rings is 2. The van der Waals surface area contributed by atoms with Gasteiger partial charge in [-0.1, -0.05) is 0 Å². The molecule has 0 saturated carbocycles. The molecule has 5 rings (SSSR count). The second-order valence-corrected chi connectivity index (χ2v) is 9.33. The third-order valence-corrected chi connectivity index (χ3v) is 6.42. The van der Waals surface area contributed by atoms with Crippen molar-refractivity contribution in [3.8, 4) is 0 Å². The van der Waals surface area contributed by atoms with Crippen LogP contribution in [0.5, 0.6) is 0 Å². The van der Waals surface area contributed by atoms with Gasteiger partial charge in [-0.15, -0.1) is 0 Å². The first kappa shape index (κ1) is 22.6. The van der Waals surface area contributed by atoms with Crippen molar-refractivity contribution in [1.82, 2.24) is 19.7 Å². The van der Waals surface area contributed by atoms with Gasteiger partial charge in [0.2, 0.25) is 0 Å². The van der Waals surface area contributed by atoms with Gasteiger partial charge in [0, 0.05) is 48.3 Å². The standard InChI is InChI=1S/C25H23BrFN5O2/c1-31(2)14-29-23-15-6-5-10-28-24(15)18(26)12-16(23)25(33)22-17-13-32(21-7-3-4-11-34-21)30-20(17)9-8-19(22)27/h5-6,8-10,12-14,21H,3-4,7,11H2,1-2H3. The Labute approximate surface area is 204 Å². The maximum absolute atomic E-state index is 15.2. The van der Waals surface area contributed by atoms with E-state index in [-0.39, 0.29) is 17.4 Å². The van der Waals surface area contributed by atoms with Gasteiger partial charge in [0.15, 0.2) is 5.78 Å². The number of aliphatic imine (C=N–C) groups is 1. The highest BCUT2D eigenvalue weighted by atomic mass is 79.9. The number of fused-ring (bicyclic) bond motifs is 2. The fraction of sp³-hybridized carbons (Fsp3) is 0.280. The van der Waals surface area contributed by atoms with Crippen LogP contribution in [0.1, 0.15) is 41.4 Å². The van der Waals surface area contributed by atoms with Crippen LogP contribution >= 0.6 is 15.9 Å². The maximum Gasteiger partial charge on any atom is 0.198 e. The van der Waals surface area contributed by atoms with E-state index in [1.807, 2.05) is 20.2 Å². The van der Waals surface area contributed by atoms with Crippen molar-refractivity contribution < 1.29 is 13.9 Å². The fourth-order valence-corrected chi connectivity index (χ4v) is 4.76. The number of pyridine rings is 1. The molecule has 0 radical (unpaired) electrons. The topological polar surface area (TPSA) is 72.6 Å². The third kappa shape index (κ3) is 4.10. The normalized spacial score (nSPS) is 16.5. The van der Waals surface area contributed by atoms with Crippen molar-refractivity contribution in [3.63, 3.8) is 0 Å². The minimum Gasteiger partial charge on any atom is -0.369 e. The van der Waals surface area contributed by atoms with Crippen LogP contribution in [0.3, 0.4) is 0 Å². The molecule has 2 aromatic heterocycles. The van der Waals surface area contributed by atoms with Gasteiger partial charge in [-0.3, -0.25) is 9.78 Å². The number of halogens is 2. The molecule has 0 N–H and O–H groups in total. The second kappa shape index (κ2) is 9.23. The van der Waals surface area contributed by atoms with E-state index in [1.54, 1.807) is 46.5 Å². The van der Waals surface area contributed by atoms with E-state index in [4.69, 9.17) is 4.74 Å². The molecule has 1 saturated heterocycles. The summed E-state index contributed by atoms with van der Waals surface area (Å²) in [7, 11) is 3.68. The lowest BCUT2D eigenvalue weighted by molar-refractivity contribution is -0.0390. The van der Waals surface area contributed by atoms with Crippen molar-refractivity contribution in [2.75, 3.05) is 20.7 Å². The smallest absolute Gasteiger partial charge is 0.198 e. The highest BCUT2D eigenvalue weighted by Crippen LogP contribution is 2.37.